The van der Waals surface area contributed by atoms with Gasteiger partial charge in [0.2, 0.25) is 11.8 Å². The summed E-state index contributed by atoms with van der Waals surface area (Å²) in [5.74, 6) is -0.313. The van der Waals surface area contributed by atoms with Crippen LogP contribution in [-0.2, 0) is 16.1 Å². The van der Waals surface area contributed by atoms with Gasteiger partial charge >= 0.3 is 0 Å². The summed E-state index contributed by atoms with van der Waals surface area (Å²) in [6.07, 6.45) is 3.93. The molecule has 5 nitrogen and oxygen atoms in total. The lowest BCUT2D eigenvalue weighted by molar-refractivity contribution is -0.128. The van der Waals surface area contributed by atoms with Gasteiger partial charge in [0.25, 0.3) is 0 Å². The third-order valence-corrected chi connectivity index (χ3v) is 5.66. The van der Waals surface area contributed by atoms with Crippen molar-refractivity contribution in [1.82, 2.24) is 4.90 Å². The van der Waals surface area contributed by atoms with E-state index in [-0.39, 0.29) is 24.2 Å². The predicted octanol–water partition coefficient (Wildman–Crippen LogP) is 3.66. The number of para-hydroxylation sites is 2. The Kier molecular flexibility index (Phi) is 5.60. The van der Waals surface area contributed by atoms with E-state index in [0.29, 0.717) is 13.1 Å². The molecule has 0 aromatic heterocycles. The van der Waals surface area contributed by atoms with Crippen LogP contribution < -0.4 is 10.2 Å². The second-order valence-electron chi connectivity index (χ2n) is 7.72. The number of anilines is 2. The Morgan fingerprint density at radius 1 is 0.964 bits per heavy atom. The van der Waals surface area contributed by atoms with Gasteiger partial charge in [0.1, 0.15) is 0 Å². The first-order valence-electron chi connectivity index (χ1n) is 10.2. The molecule has 4 rings (SSSR count). The van der Waals surface area contributed by atoms with Gasteiger partial charge in [-0.15, -0.1) is 0 Å². The third-order valence-electron chi connectivity index (χ3n) is 5.66. The highest BCUT2D eigenvalue weighted by Crippen LogP contribution is 2.29. The van der Waals surface area contributed by atoms with Crippen LogP contribution in [0.4, 0.5) is 11.4 Å². The molecule has 0 unspecified atom stereocenters. The average molecular weight is 377 g/mol. The summed E-state index contributed by atoms with van der Waals surface area (Å²) in [4.78, 5) is 29.4. The van der Waals surface area contributed by atoms with Crippen LogP contribution in [-0.4, -0.2) is 36.3 Å². The number of carbonyl (C=O) groups is 2. The quantitative estimate of drug-likeness (QED) is 0.865. The number of nitrogens with one attached hydrogen (secondary N) is 1. The second-order valence-corrected chi connectivity index (χ2v) is 7.72. The van der Waals surface area contributed by atoms with E-state index in [1.54, 1.807) is 4.90 Å². The van der Waals surface area contributed by atoms with Gasteiger partial charge in [0.15, 0.2) is 0 Å². The Bertz CT molecular complexity index is 831. The molecule has 2 aromatic carbocycles. The lowest BCUT2D eigenvalue weighted by atomic mass is 10.1. The molecule has 2 fully saturated rings. The van der Waals surface area contributed by atoms with Crippen LogP contribution in [0.5, 0.6) is 0 Å². The van der Waals surface area contributed by atoms with E-state index in [9.17, 15) is 9.59 Å². The van der Waals surface area contributed by atoms with E-state index in [1.165, 1.54) is 19.3 Å². The van der Waals surface area contributed by atoms with Gasteiger partial charge < -0.3 is 15.1 Å². The van der Waals surface area contributed by atoms with Crippen molar-refractivity contribution in [3.63, 3.8) is 0 Å². The monoisotopic (exact) mass is 377 g/mol. The fourth-order valence-electron chi connectivity index (χ4n) is 4.13. The molecule has 2 aliphatic heterocycles. The number of hydrogen-bond acceptors (Lipinski definition) is 3. The predicted molar refractivity (Wildman–Crippen MR) is 111 cm³/mol. The number of benzene rings is 2. The minimum atomic E-state index is -0.300. The highest BCUT2D eigenvalue weighted by Gasteiger charge is 2.34. The van der Waals surface area contributed by atoms with E-state index < -0.39 is 0 Å². The number of carbonyl (C=O) groups excluding carboxylic acids is 2. The van der Waals surface area contributed by atoms with Gasteiger partial charge in [-0.3, -0.25) is 9.59 Å². The molecule has 146 valence electrons. The number of likely N-dealkylation sites (tertiary alicyclic amines) is 1. The molecule has 1 N–H and O–H groups in total. The molecule has 1 atom stereocenters. The Balaban J connectivity index is 1.41. The maximum absolute atomic E-state index is 12.9. The zero-order valence-corrected chi connectivity index (χ0v) is 16.1. The number of piperidine rings is 1. The molecular formula is C23H27N3O2. The van der Waals surface area contributed by atoms with Crippen LogP contribution in [0.3, 0.4) is 0 Å². The highest BCUT2D eigenvalue weighted by atomic mass is 16.2. The van der Waals surface area contributed by atoms with E-state index in [0.717, 1.165) is 30.0 Å². The van der Waals surface area contributed by atoms with E-state index in [2.05, 4.69) is 16.3 Å². The lowest BCUT2D eigenvalue weighted by Gasteiger charge is -2.30. The molecule has 0 saturated carbocycles. The topological polar surface area (TPSA) is 52.7 Å². The van der Waals surface area contributed by atoms with Crippen LogP contribution in [0.2, 0.25) is 0 Å². The molecule has 0 bridgehead atoms. The SMILES string of the molecule is O=C(Nc1ccccc1N1CCCCC1)[C@@H]1CC(=O)N(Cc2ccccc2)C1. The van der Waals surface area contributed by atoms with Gasteiger partial charge in [0.05, 0.1) is 17.3 Å². The van der Waals surface area contributed by atoms with Crippen LogP contribution in [0.1, 0.15) is 31.2 Å². The van der Waals surface area contributed by atoms with Crippen molar-refractivity contribution < 1.29 is 9.59 Å². The Labute approximate surface area is 166 Å². The summed E-state index contributed by atoms with van der Waals surface area (Å²) in [5.41, 5.74) is 3.02. The summed E-state index contributed by atoms with van der Waals surface area (Å²) in [6.45, 7) is 3.10. The van der Waals surface area contributed by atoms with Crippen LogP contribution in [0.15, 0.2) is 54.6 Å². The first-order chi connectivity index (χ1) is 13.7. The largest absolute Gasteiger partial charge is 0.370 e. The van der Waals surface area contributed by atoms with Crippen molar-refractivity contribution in [2.24, 2.45) is 5.92 Å². The summed E-state index contributed by atoms with van der Waals surface area (Å²) >= 11 is 0. The average Bonchev–Trinajstić information content (AvgIpc) is 3.10. The molecule has 2 aromatic rings. The minimum Gasteiger partial charge on any atom is -0.370 e. The number of rotatable bonds is 5. The van der Waals surface area contributed by atoms with Crippen molar-refractivity contribution in [2.45, 2.75) is 32.2 Å². The zero-order chi connectivity index (χ0) is 19.3. The smallest absolute Gasteiger partial charge is 0.229 e. The maximum Gasteiger partial charge on any atom is 0.229 e. The fourth-order valence-corrected chi connectivity index (χ4v) is 4.13. The van der Waals surface area contributed by atoms with Gasteiger partial charge in [-0.1, -0.05) is 42.5 Å². The van der Waals surface area contributed by atoms with Crippen LogP contribution in [0.25, 0.3) is 0 Å². The van der Waals surface area contributed by atoms with Gasteiger partial charge in [-0.2, -0.15) is 0 Å². The Morgan fingerprint density at radius 3 is 2.46 bits per heavy atom. The highest BCUT2D eigenvalue weighted by molar-refractivity contribution is 5.99. The van der Waals surface area contributed by atoms with Crippen molar-refractivity contribution in [1.29, 1.82) is 0 Å². The first kappa shape index (κ1) is 18.5. The molecule has 2 saturated heterocycles. The van der Waals surface area contributed by atoms with Crippen molar-refractivity contribution in [2.75, 3.05) is 29.9 Å². The van der Waals surface area contributed by atoms with Crippen molar-refractivity contribution >= 4 is 23.2 Å². The van der Waals surface area contributed by atoms with Gasteiger partial charge in [-0.05, 0) is 37.0 Å². The fraction of sp³-hybridized carbons (Fsp3) is 0.391. The van der Waals surface area contributed by atoms with E-state index in [1.807, 2.05) is 48.5 Å². The number of hydrogen-bond donors (Lipinski definition) is 1. The van der Waals surface area contributed by atoms with E-state index in [4.69, 9.17) is 0 Å². The molecule has 2 aliphatic rings. The second kappa shape index (κ2) is 8.46. The summed E-state index contributed by atoms with van der Waals surface area (Å²) in [7, 11) is 0. The number of nitrogens with zero attached hydrogens (tertiary/aromatic N) is 2. The number of amides is 2. The third kappa shape index (κ3) is 4.19. The van der Waals surface area contributed by atoms with Gasteiger partial charge in [0, 0.05) is 32.6 Å². The maximum atomic E-state index is 12.9. The molecule has 28 heavy (non-hydrogen) atoms. The summed E-state index contributed by atoms with van der Waals surface area (Å²) in [6, 6.07) is 17.9. The molecular weight excluding hydrogens is 350 g/mol. The molecule has 0 spiro atoms. The van der Waals surface area contributed by atoms with Gasteiger partial charge in [-0.25, -0.2) is 0 Å². The van der Waals surface area contributed by atoms with Crippen LogP contribution >= 0.6 is 0 Å². The van der Waals surface area contributed by atoms with Crippen molar-refractivity contribution in [3.05, 3.63) is 60.2 Å². The zero-order valence-electron chi connectivity index (χ0n) is 16.1. The molecule has 5 heteroatoms. The normalized spacial score (nSPS) is 19.7. The Hall–Kier alpha value is -2.82. The standard InChI is InChI=1S/C23H27N3O2/c27-22-15-19(17-26(22)16-18-9-3-1-4-10-18)23(28)24-20-11-5-6-12-21(20)25-13-7-2-8-14-25/h1,3-6,9-12,19H,2,7-8,13-17H2,(H,24,28)/t19-/m1/s1. The molecule has 2 amide bonds. The Morgan fingerprint density at radius 2 is 1.68 bits per heavy atom. The summed E-state index contributed by atoms with van der Waals surface area (Å²) < 4.78 is 0. The summed E-state index contributed by atoms with van der Waals surface area (Å²) in [5, 5.41) is 3.10. The first-order valence-corrected chi connectivity index (χ1v) is 10.2. The van der Waals surface area contributed by atoms with E-state index >= 15 is 0 Å². The minimum absolute atomic E-state index is 0.0494. The molecule has 2 heterocycles. The molecule has 0 aliphatic carbocycles. The van der Waals surface area contributed by atoms with Crippen molar-refractivity contribution in [3.8, 4) is 0 Å². The lowest BCUT2D eigenvalue weighted by Crippen LogP contribution is -2.31. The van der Waals surface area contributed by atoms with Crippen LogP contribution in [0, 0.1) is 5.92 Å². The molecule has 0 radical (unpaired) electrons.